The monoisotopic (exact) mass is 258 g/mol. The molecule has 0 bridgehead atoms. The Kier molecular flexibility index (Phi) is 6.54. The van der Waals surface area contributed by atoms with Gasteiger partial charge in [0.05, 0.1) is 6.61 Å². The molecule has 0 aromatic carbocycles. The van der Waals surface area contributed by atoms with Gasteiger partial charge in [0.2, 0.25) is 0 Å². The van der Waals surface area contributed by atoms with Crippen LogP contribution in [0.25, 0.3) is 0 Å². The maximum atomic E-state index is 9.33. The Morgan fingerprint density at radius 1 is 1.53 bits per heavy atom. The average Bonchev–Trinajstić information content (AvgIpc) is 2.82. The van der Waals surface area contributed by atoms with Crippen LogP contribution in [0.1, 0.15) is 33.1 Å². The summed E-state index contributed by atoms with van der Waals surface area (Å²) < 4.78 is 0. The Hall–Kier alpha value is -0.590. The molecular formula is C11H22N4OS. The highest BCUT2D eigenvalue weighted by Crippen LogP contribution is 2.17. The molecule has 0 amide bonds. The maximum absolute atomic E-state index is 9.33. The van der Waals surface area contributed by atoms with Gasteiger partial charge in [0.25, 0.3) is 0 Å². The minimum atomic E-state index is -0.133. The molecule has 0 saturated heterocycles. The van der Waals surface area contributed by atoms with Gasteiger partial charge in [-0.25, -0.2) is 4.98 Å². The lowest BCUT2D eigenvalue weighted by atomic mass is 9.96. The fourth-order valence-corrected chi connectivity index (χ4v) is 2.48. The summed E-state index contributed by atoms with van der Waals surface area (Å²) >= 11 is 1.69. The molecule has 1 unspecified atom stereocenters. The largest absolute Gasteiger partial charge is 0.394 e. The molecule has 0 aliphatic heterocycles. The molecule has 0 aliphatic rings. The smallest absolute Gasteiger partial charge is 0.183 e. The first-order valence-corrected chi connectivity index (χ1v) is 7.03. The highest BCUT2D eigenvalue weighted by Gasteiger charge is 2.20. The fraction of sp³-hybridized carbons (Fsp3) is 0.818. The molecule has 5 nitrogen and oxygen atoms in total. The van der Waals surface area contributed by atoms with E-state index in [-0.39, 0.29) is 12.1 Å². The molecule has 6 heteroatoms. The second kappa shape index (κ2) is 7.68. The molecule has 17 heavy (non-hydrogen) atoms. The lowest BCUT2D eigenvalue weighted by Gasteiger charge is -2.28. The normalized spacial score (nSPS) is 14.8. The average molecular weight is 258 g/mol. The van der Waals surface area contributed by atoms with Gasteiger partial charge in [-0.15, -0.1) is 0 Å². The summed E-state index contributed by atoms with van der Waals surface area (Å²) in [5.74, 6) is 1.03. The van der Waals surface area contributed by atoms with Crippen molar-refractivity contribution in [2.45, 2.75) is 43.8 Å². The maximum Gasteiger partial charge on any atom is 0.183 e. The van der Waals surface area contributed by atoms with Crippen LogP contribution >= 0.6 is 11.8 Å². The fourth-order valence-electron chi connectivity index (χ4n) is 1.70. The molecule has 1 aromatic rings. The molecule has 0 aliphatic carbocycles. The van der Waals surface area contributed by atoms with Crippen LogP contribution in [-0.2, 0) is 0 Å². The van der Waals surface area contributed by atoms with Crippen molar-refractivity contribution < 1.29 is 5.11 Å². The molecule has 3 N–H and O–H groups in total. The van der Waals surface area contributed by atoms with Crippen molar-refractivity contribution in [2.24, 2.45) is 0 Å². The van der Waals surface area contributed by atoms with E-state index < -0.39 is 0 Å². The number of rotatable bonds is 9. The highest BCUT2D eigenvalue weighted by atomic mass is 32.2. The molecule has 1 heterocycles. The van der Waals surface area contributed by atoms with Gasteiger partial charge in [-0.05, 0) is 26.3 Å². The Bertz CT molecular complexity index is 294. The Morgan fingerprint density at radius 3 is 2.94 bits per heavy atom. The number of likely N-dealkylation sites (N-methyl/N-ethyl adjacent to an activating group) is 1. The van der Waals surface area contributed by atoms with Crippen molar-refractivity contribution >= 4 is 11.8 Å². The van der Waals surface area contributed by atoms with Crippen molar-refractivity contribution in [3.8, 4) is 0 Å². The van der Waals surface area contributed by atoms with Crippen molar-refractivity contribution in [3.05, 3.63) is 6.33 Å². The first-order chi connectivity index (χ1) is 8.20. The first kappa shape index (κ1) is 14.5. The van der Waals surface area contributed by atoms with Gasteiger partial charge in [0, 0.05) is 11.3 Å². The van der Waals surface area contributed by atoms with Crippen molar-refractivity contribution in [2.75, 3.05) is 18.9 Å². The number of aromatic nitrogens is 3. The number of H-pyrrole nitrogens is 1. The van der Waals surface area contributed by atoms with Gasteiger partial charge in [0.1, 0.15) is 6.33 Å². The van der Waals surface area contributed by atoms with E-state index in [1.165, 1.54) is 6.33 Å². The van der Waals surface area contributed by atoms with E-state index in [0.717, 1.165) is 36.7 Å². The number of nitrogens with one attached hydrogen (secondary N) is 2. The third kappa shape index (κ3) is 5.52. The third-order valence-corrected chi connectivity index (χ3v) is 3.67. The predicted octanol–water partition coefficient (Wildman–Crippen LogP) is 1.43. The number of thioether (sulfide) groups is 1. The molecule has 98 valence electrons. The van der Waals surface area contributed by atoms with E-state index in [9.17, 15) is 5.11 Å². The van der Waals surface area contributed by atoms with E-state index in [4.69, 9.17) is 0 Å². The van der Waals surface area contributed by atoms with Crippen LogP contribution in [0.2, 0.25) is 0 Å². The zero-order valence-corrected chi connectivity index (χ0v) is 11.4. The molecule has 1 atom stereocenters. The van der Waals surface area contributed by atoms with Crippen LogP contribution in [0.5, 0.6) is 0 Å². The number of hydrogen-bond donors (Lipinski definition) is 3. The number of aliphatic hydroxyl groups is 1. The van der Waals surface area contributed by atoms with Crippen molar-refractivity contribution in [3.63, 3.8) is 0 Å². The van der Waals surface area contributed by atoms with Crippen molar-refractivity contribution in [1.29, 1.82) is 0 Å². The molecule has 0 saturated carbocycles. The summed E-state index contributed by atoms with van der Waals surface area (Å²) in [6, 6.07) is 0. The quantitative estimate of drug-likeness (QED) is 0.461. The van der Waals surface area contributed by atoms with Crippen LogP contribution in [0.4, 0.5) is 0 Å². The summed E-state index contributed by atoms with van der Waals surface area (Å²) in [4.78, 5) is 4.05. The number of aromatic amines is 1. The van der Waals surface area contributed by atoms with Gasteiger partial charge in [-0.1, -0.05) is 25.1 Å². The summed E-state index contributed by atoms with van der Waals surface area (Å²) in [6.45, 7) is 5.22. The zero-order chi connectivity index (χ0) is 12.6. The molecule has 0 radical (unpaired) electrons. The minimum absolute atomic E-state index is 0.133. The lowest BCUT2D eigenvalue weighted by molar-refractivity contribution is 0.165. The molecule has 0 fully saturated rings. The molecule has 0 spiro atoms. The summed E-state index contributed by atoms with van der Waals surface area (Å²) in [7, 11) is 0. The lowest BCUT2D eigenvalue weighted by Crippen LogP contribution is -2.45. The molecule has 1 rings (SSSR count). The van der Waals surface area contributed by atoms with Crippen LogP contribution in [0, 0.1) is 0 Å². The first-order valence-electron chi connectivity index (χ1n) is 6.04. The number of hydrogen-bond acceptors (Lipinski definition) is 5. The number of aliphatic hydroxyl groups excluding tert-OH is 1. The summed E-state index contributed by atoms with van der Waals surface area (Å²) in [5.41, 5.74) is -0.133. The van der Waals surface area contributed by atoms with Crippen LogP contribution in [-0.4, -0.2) is 44.7 Å². The van der Waals surface area contributed by atoms with Gasteiger partial charge in [-0.2, -0.15) is 5.10 Å². The molecular weight excluding hydrogens is 236 g/mol. The van der Waals surface area contributed by atoms with Crippen LogP contribution < -0.4 is 5.32 Å². The van der Waals surface area contributed by atoms with Crippen LogP contribution in [0.15, 0.2) is 11.5 Å². The van der Waals surface area contributed by atoms with Crippen molar-refractivity contribution in [1.82, 2.24) is 20.5 Å². The molecule has 1 aromatic heterocycles. The second-order valence-corrected chi connectivity index (χ2v) is 5.43. The Labute approximate surface area is 107 Å². The summed E-state index contributed by atoms with van der Waals surface area (Å²) in [6.07, 6.45) is 4.74. The van der Waals surface area contributed by atoms with Gasteiger partial charge in [0.15, 0.2) is 5.16 Å². The second-order valence-electron chi connectivity index (χ2n) is 4.35. The third-order valence-electron chi connectivity index (χ3n) is 2.71. The van der Waals surface area contributed by atoms with E-state index >= 15 is 0 Å². The Morgan fingerprint density at radius 2 is 2.35 bits per heavy atom. The zero-order valence-electron chi connectivity index (χ0n) is 10.6. The van der Waals surface area contributed by atoms with Gasteiger partial charge in [-0.3, -0.25) is 5.10 Å². The number of nitrogens with zero attached hydrogens (tertiary/aromatic N) is 2. The topological polar surface area (TPSA) is 73.8 Å². The van der Waals surface area contributed by atoms with Crippen LogP contribution in [0.3, 0.4) is 0 Å². The highest BCUT2D eigenvalue weighted by molar-refractivity contribution is 7.99. The predicted molar refractivity (Wildman–Crippen MR) is 70.1 cm³/mol. The number of unbranched alkanes of at least 4 members (excludes halogenated alkanes) is 1. The minimum Gasteiger partial charge on any atom is -0.394 e. The SMILES string of the molecule is CCNC(C)(CO)CCCCSc1ncn[nH]1. The summed E-state index contributed by atoms with van der Waals surface area (Å²) in [5, 5.41) is 20.2. The van der Waals surface area contributed by atoms with Gasteiger partial charge < -0.3 is 10.4 Å². The van der Waals surface area contributed by atoms with E-state index in [2.05, 4.69) is 34.3 Å². The Balaban J connectivity index is 2.10. The van der Waals surface area contributed by atoms with E-state index in [1.807, 2.05) is 0 Å². The van der Waals surface area contributed by atoms with Gasteiger partial charge >= 0.3 is 0 Å². The van der Waals surface area contributed by atoms with E-state index in [0.29, 0.717) is 0 Å². The van der Waals surface area contributed by atoms with E-state index in [1.54, 1.807) is 11.8 Å². The standard InChI is InChI=1S/C11H22N4OS/c1-3-13-11(2,8-16)6-4-5-7-17-10-12-9-14-15-10/h9,13,16H,3-8H2,1-2H3,(H,12,14,15).